The first-order valence-electron chi connectivity index (χ1n) is 6.32. The molecule has 0 bridgehead atoms. The van der Waals surface area contributed by atoms with E-state index in [9.17, 15) is 10.1 Å². The van der Waals surface area contributed by atoms with Gasteiger partial charge in [0.15, 0.2) is 0 Å². The number of carbonyl (C=O) groups excluding carboxylic acids is 1. The summed E-state index contributed by atoms with van der Waals surface area (Å²) in [5.74, 6) is 0.510. The highest BCUT2D eigenvalue weighted by Gasteiger charge is 2.13. The van der Waals surface area contributed by atoms with Gasteiger partial charge < -0.3 is 9.14 Å². The summed E-state index contributed by atoms with van der Waals surface area (Å²) in [4.78, 5) is 11.2. The first-order valence-corrected chi connectivity index (χ1v) is 7.37. The molecule has 0 saturated heterocycles. The summed E-state index contributed by atoms with van der Waals surface area (Å²) in [6, 6.07) is 8.06. The minimum absolute atomic E-state index is 0.164. The number of hydrogen-bond donors (Lipinski definition) is 0. The smallest absolute Gasteiger partial charge is 0.306 e. The van der Waals surface area contributed by atoms with Crippen LogP contribution in [0.4, 0.5) is 0 Å². The second-order valence-corrected chi connectivity index (χ2v) is 5.96. The molecule has 1 unspecified atom stereocenters. The van der Waals surface area contributed by atoms with Gasteiger partial charge in [0, 0.05) is 23.4 Å². The topological polar surface area (TPSA) is 54.5 Å². The Balaban J connectivity index is 2.10. The third kappa shape index (κ3) is 3.14. The minimum Gasteiger partial charge on any atom is -0.469 e. The molecule has 0 aromatic carbocycles. The summed E-state index contributed by atoms with van der Waals surface area (Å²) in [5.41, 5.74) is 2.63. The van der Waals surface area contributed by atoms with Crippen LogP contribution in [0.5, 0.6) is 0 Å². The Hall–Kier alpha value is -1.93. The average Bonchev–Trinajstić information content (AvgIpc) is 2.82. The quantitative estimate of drug-likeness (QED) is 0.794. The van der Waals surface area contributed by atoms with E-state index in [0.29, 0.717) is 17.7 Å². The molecule has 104 valence electrons. The van der Waals surface area contributed by atoms with Gasteiger partial charge in [0.25, 0.3) is 0 Å². The Morgan fingerprint density at radius 1 is 1.55 bits per heavy atom. The molecule has 1 atom stereocenters. The SMILES string of the molecule is COC(=O)CC(C)SCc1cn2ccccc2c1C#N. The Labute approximate surface area is 122 Å². The third-order valence-electron chi connectivity index (χ3n) is 3.08. The first kappa shape index (κ1) is 14.5. The predicted octanol–water partition coefficient (Wildman–Crippen LogP) is 3.00. The van der Waals surface area contributed by atoms with Crippen LogP contribution in [-0.2, 0) is 15.3 Å². The van der Waals surface area contributed by atoms with Crippen molar-refractivity contribution < 1.29 is 9.53 Å². The molecular formula is C15H16N2O2S. The summed E-state index contributed by atoms with van der Waals surface area (Å²) in [6.45, 7) is 1.99. The van der Waals surface area contributed by atoms with E-state index in [1.807, 2.05) is 41.9 Å². The van der Waals surface area contributed by atoms with E-state index in [4.69, 9.17) is 0 Å². The number of nitrogens with zero attached hydrogens (tertiary/aromatic N) is 2. The van der Waals surface area contributed by atoms with Gasteiger partial charge in [-0.15, -0.1) is 0 Å². The summed E-state index contributed by atoms with van der Waals surface area (Å²) in [5, 5.41) is 9.47. The third-order valence-corrected chi connectivity index (χ3v) is 4.29. The second-order valence-electron chi connectivity index (χ2n) is 4.54. The van der Waals surface area contributed by atoms with Crippen molar-refractivity contribution >= 4 is 23.2 Å². The van der Waals surface area contributed by atoms with E-state index in [1.165, 1.54) is 7.11 Å². The summed E-state index contributed by atoms with van der Waals surface area (Å²) in [6.07, 6.45) is 4.30. The Morgan fingerprint density at radius 3 is 3.05 bits per heavy atom. The summed E-state index contributed by atoms with van der Waals surface area (Å²) in [7, 11) is 1.40. The molecule has 2 aromatic heterocycles. The maximum Gasteiger partial charge on any atom is 0.306 e. The number of fused-ring (bicyclic) bond motifs is 1. The number of ether oxygens (including phenoxy) is 1. The molecule has 0 radical (unpaired) electrons. The molecule has 2 rings (SSSR count). The number of esters is 1. The van der Waals surface area contributed by atoms with Crippen LogP contribution in [0.25, 0.3) is 5.52 Å². The lowest BCUT2D eigenvalue weighted by Gasteiger charge is -2.08. The van der Waals surface area contributed by atoms with Crippen LogP contribution >= 0.6 is 11.8 Å². The standard InChI is InChI=1S/C15H16N2O2S/c1-11(7-15(18)19-2)20-10-12-9-17-6-4-3-5-14(17)13(12)8-16/h3-6,9,11H,7,10H2,1-2H3. The zero-order chi connectivity index (χ0) is 14.5. The van der Waals surface area contributed by atoms with Crippen LogP contribution in [-0.4, -0.2) is 22.7 Å². The van der Waals surface area contributed by atoms with E-state index in [-0.39, 0.29) is 11.2 Å². The lowest BCUT2D eigenvalue weighted by molar-refractivity contribution is -0.140. The molecule has 0 N–H and O–H groups in total. The minimum atomic E-state index is -0.201. The first-order chi connectivity index (χ1) is 9.65. The normalized spacial score (nSPS) is 12.1. The lowest BCUT2D eigenvalue weighted by Crippen LogP contribution is -2.08. The zero-order valence-electron chi connectivity index (χ0n) is 11.5. The number of thioether (sulfide) groups is 1. The number of carbonyl (C=O) groups is 1. The van der Waals surface area contributed by atoms with Gasteiger partial charge in [0.05, 0.1) is 24.6 Å². The molecule has 0 spiro atoms. The molecule has 2 aromatic rings. The van der Waals surface area contributed by atoms with Crippen molar-refractivity contribution in [2.75, 3.05) is 7.11 Å². The van der Waals surface area contributed by atoms with Crippen molar-refractivity contribution in [3.63, 3.8) is 0 Å². The lowest BCUT2D eigenvalue weighted by atomic mass is 10.2. The van der Waals surface area contributed by atoms with Gasteiger partial charge in [0.1, 0.15) is 6.07 Å². The van der Waals surface area contributed by atoms with Crippen molar-refractivity contribution in [3.8, 4) is 6.07 Å². The maximum atomic E-state index is 11.2. The number of nitriles is 1. The Morgan fingerprint density at radius 2 is 2.35 bits per heavy atom. The molecule has 2 heterocycles. The summed E-state index contributed by atoms with van der Waals surface area (Å²) >= 11 is 1.65. The van der Waals surface area contributed by atoms with Crippen LogP contribution in [0, 0.1) is 11.3 Å². The molecule has 0 saturated carbocycles. The largest absolute Gasteiger partial charge is 0.469 e. The van der Waals surface area contributed by atoms with Gasteiger partial charge in [-0.25, -0.2) is 0 Å². The van der Waals surface area contributed by atoms with E-state index in [0.717, 1.165) is 11.1 Å². The number of hydrogen-bond acceptors (Lipinski definition) is 4. The van der Waals surface area contributed by atoms with Crippen molar-refractivity contribution in [2.24, 2.45) is 0 Å². The van der Waals surface area contributed by atoms with Crippen molar-refractivity contribution in [1.82, 2.24) is 4.40 Å². The Bertz CT molecular complexity index is 657. The van der Waals surface area contributed by atoms with Gasteiger partial charge in [-0.3, -0.25) is 4.79 Å². The summed E-state index contributed by atoms with van der Waals surface area (Å²) < 4.78 is 6.61. The molecular weight excluding hydrogens is 272 g/mol. The molecule has 0 aliphatic rings. The highest BCUT2D eigenvalue weighted by Crippen LogP contribution is 2.25. The molecule has 0 amide bonds. The van der Waals surface area contributed by atoms with Gasteiger partial charge in [-0.1, -0.05) is 13.0 Å². The van der Waals surface area contributed by atoms with Gasteiger partial charge in [-0.2, -0.15) is 17.0 Å². The number of aromatic nitrogens is 1. The van der Waals surface area contributed by atoms with Crippen LogP contribution in [0.2, 0.25) is 0 Å². The monoisotopic (exact) mass is 288 g/mol. The van der Waals surface area contributed by atoms with Crippen LogP contribution in [0.1, 0.15) is 24.5 Å². The molecule has 4 nitrogen and oxygen atoms in total. The zero-order valence-corrected chi connectivity index (χ0v) is 12.3. The van der Waals surface area contributed by atoms with Crippen LogP contribution in [0.3, 0.4) is 0 Å². The van der Waals surface area contributed by atoms with Crippen molar-refractivity contribution in [2.45, 2.75) is 24.3 Å². The van der Waals surface area contributed by atoms with E-state index >= 15 is 0 Å². The van der Waals surface area contributed by atoms with E-state index in [2.05, 4.69) is 10.8 Å². The van der Waals surface area contributed by atoms with Crippen LogP contribution < -0.4 is 0 Å². The van der Waals surface area contributed by atoms with Gasteiger partial charge in [-0.05, 0) is 17.7 Å². The molecule has 0 fully saturated rings. The van der Waals surface area contributed by atoms with E-state index in [1.54, 1.807) is 11.8 Å². The molecule has 0 aliphatic heterocycles. The maximum absolute atomic E-state index is 11.2. The fourth-order valence-corrected chi connectivity index (χ4v) is 2.96. The number of methoxy groups -OCH3 is 1. The second kappa shape index (κ2) is 6.49. The fourth-order valence-electron chi connectivity index (χ4n) is 2.02. The highest BCUT2D eigenvalue weighted by atomic mass is 32.2. The van der Waals surface area contributed by atoms with Gasteiger partial charge >= 0.3 is 5.97 Å². The fraction of sp³-hybridized carbons (Fsp3) is 0.333. The Kier molecular flexibility index (Phi) is 4.70. The predicted molar refractivity (Wildman–Crippen MR) is 79.5 cm³/mol. The average molecular weight is 288 g/mol. The van der Waals surface area contributed by atoms with Gasteiger partial charge in [0.2, 0.25) is 0 Å². The van der Waals surface area contributed by atoms with Crippen molar-refractivity contribution in [1.29, 1.82) is 5.26 Å². The van der Waals surface area contributed by atoms with E-state index < -0.39 is 0 Å². The highest BCUT2D eigenvalue weighted by molar-refractivity contribution is 7.99. The number of rotatable bonds is 5. The molecule has 5 heteroatoms. The van der Waals surface area contributed by atoms with Crippen molar-refractivity contribution in [3.05, 3.63) is 41.7 Å². The molecule has 0 aliphatic carbocycles. The molecule has 20 heavy (non-hydrogen) atoms. The number of pyridine rings is 1. The van der Waals surface area contributed by atoms with Crippen LogP contribution in [0.15, 0.2) is 30.6 Å².